The van der Waals surface area contributed by atoms with Crippen molar-refractivity contribution < 1.29 is 24.6 Å². The quantitative estimate of drug-likeness (QED) is 0.640. The van der Waals surface area contributed by atoms with Gasteiger partial charge in [-0.1, -0.05) is 41.5 Å². The van der Waals surface area contributed by atoms with Crippen molar-refractivity contribution in [1.82, 2.24) is 0 Å². The molecule has 2 saturated carbocycles. The summed E-state index contributed by atoms with van der Waals surface area (Å²) in [6, 6.07) is 0. The van der Waals surface area contributed by atoms with Crippen LogP contribution in [0.15, 0.2) is 11.1 Å². The first kappa shape index (κ1) is 23.7. The minimum absolute atomic E-state index is 0.0337. The van der Waals surface area contributed by atoms with Crippen molar-refractivity contribution in [1.29, 1.82) is 0 Å². The van der Waals surface area contributed by atoms with Gasteiger partial charge in [-0.15, -0.1) is 0 Å². The van der Waals surface area contributed by atoms with E-state index in [0.717, 1.165) is 30.4 Å². The number of allylic oxidation sites excluding steroid dienone is 2. The topological polar surface area (TPSA) is 91.7 Å². The fourth-order valence-electron chi connectivity index (χ4n) is 8.66. The highest BCUT2D eigenvalue weighted by atomic mass is 16.4. The van der Waals surface area contributed by atoms with Crippen molar-refractivity contribution in [3.05, 3.63) is 11.1 Å². The number of carboxylic acid groups (broad SMARTS) is 1. The zero-order valence-electron chi connectivity index (χ0n) is 20.6. The highest BCUT2D eigenvalue weighted by Gasteiger charge is 2.67. The number of Topliss-reactive ketones (excluding diaryl/α,β-unsaturated/α-hetero) is 2. The predicted octanol–water partition coefficient (Wildman–Crippen LogP) is 4.96. The summed E-state index contributed by atoms with van der Waals surface area (Å²) in [5.74, 6) is -0.175. The maximum absolute atomic E-state index is 13.9. The van der Waals surface area contributed by atoms with Crippen LogP contribution >= 0.6 is 0 Å². The number of aliphatic carboxylic acids is 1. The molecular weight excluding hydrogens is 404 g/mol. The maximum Gasteiger partial charge on any atom is 0.303 e. The van der Waals surface area contributed by atoms with Gasteiger partial charge in [-0.2, -0.15) is 0 Å². The molecule has 178 valence electrons. The molecule has 32 heavy (non-hydrogen) atoms. The summed E-state index contributed by atoms with van der Waals surface area (Å²) in [6.07, 6.45) is 4.31. The second kappa shape index (κ2) is 7.25. The third-order valence-corrected chi connectivity index (χ3v) is 10.8. The van der Waals surface area contributed by atoms with E-state index < -0.39 is 17.5 Å². The lowest BCUT2D eigenvalue weighted by molar-refractivity contribution is -0.142. The predicted molar refractivity (Wildman–Crippen MR) is 122 cm³/mol. The Hall–Kier alpha value is -1.49. The zero-order chi connectivity index (χ0) is 23.9. The van der Waals surface area contributed by atoms with Gasteiger partial charge in [0, 0.05) is 41.2 Å². The first-order chi connectivity index (χ1) is 14.7. The SMILES string of the molecule is CC(CCC(=O)O)C1CCC2(C)C3=C(C(=O)CC12C)C1(C)CCC(O)C(C)(C)C1CC3=O. The van der Waals surface area contributed by atoms with E-state index in [-0.39, 0.29) is 52.0 Å². The lowest BCUT2D eigenvalue weighted by atomic mass is 9.43. The van der Waals surface area contributed by atoms with Crippen molar-refractivity contribution in [2.45, 2.75) is 99.0 Å². The molecule has 0 aromatic heterocycles. The molecule has 2 fully saturated rings. The Kier molecular flexibility index (Phi) is 5.36. The van der Waals surface area contributed by atoms with Gasteiger partial charge in [0.05, 0.1) is 6.10 Å². The van der Waals surface area contributed by atoms with Crippen LogP contribution in [-0.2, 0) is 14.4 Å². The van der Waals surface area contributed by atoms with Crippen molar-refractivity contribution in [3.8, 4) is 0 Å². The van der Waals surface area contributed by atoms with Crippen LogP contribution < -0.4 is 0 Å². The molecule has 0 spiro atoms. The number of hydrogen-bond acceptors (Lipinski definition) is 4. The van der Waals surface area contributed by atoms with Crippen LogP contribution in [0.5, 0.6) is 0 Å². The summed E-state index contributed by atoms with van der Waals surface area (Å²) < 4.78 is 0. The normalized spacial score (nSPS) is 44.0. The van der Waals surface area contributed by atoms with Gasteiger partial charge in [0.2, 0.25) is 0 Å². The number of hydrogen-bond donors (Lipinski definition) is 2. The van der Waals surface area contributed by atoms with E-state index in [4.69, 9.17) is 5.11 Å². The van der Waals surface area contributed by atoms with Crippen molar-refractivity contribution in [2.24, 2.45) is 39.4 Å². The molecule has 5 heteroatoms. The highest BCUT2D eigenvalue weighted by molar-refractivity contribution is 6.11. The molecule has 7 atom stereocenters. The largest absolute Gasteiger partial charge is 0.481 e. The van der Waals surface area contributed by atoms with Crippen LogP contribution in [-0.4, -0.2) is 33.9 Å². The van der Waals surface area contributed by atoms with Gasteiger partial charge in [-0.05, 0) is 60.7 Å². The lowest BCUT2D eigenvalue weighted by Crippen LogP contribution is -2.59. The summed E-state index contributed by atoms with van der Waals surface area (Å²) in [6.45, 7) is 12.8. The monoisotopic (exact) mass is 444 g/mol. The molecule has 4 aliphatic rings. The Bertz CT molecular complexity index is 900. The molecule has 7 unspecified atom stereocenters. The van der Waals surface area contributed by atoms with Crippen molar-refractivity contribution in [2.75, 3.05) is 0 Å². The van der Waals surface area contributed by atoms with Gasteiger partial charge in [0.15, 0.2) is 11.6 Å². The molecule has 0 amide bonds. The van der Waals surface area contributed by atoms with E-state index in [1.54, 1.807) is 0 Å². The summed E-state index contributed by atoms with van der Waals surface area (Å²) in [4.78, 5) is 38.8. The average molecular weight is 445 g/mol. The molecule has 0 aromatic carbocycles. The Balaban J connectivity index is 1.80. The van der Waals surface area contributed by atoms with Gasteiger partial charge < -0.3 is 10.2 Å². The van der Waals surface area contributed by atoms with E-state index >= 15 is 0 Å². The second-order valence-electron chi connectivity index (χ2n) is 12.6. The molecule has 5 nitrogen and oxygen atoms in total. The number of fused-ring (bicyclic) bond motifs is 4. The first-order valence-corrected chi connectivity index (χ1v) is 12.4. The molecule has 0 aliphatic heterocycles. The zero-order valence-corrected chi connectivity index (χ0v) is 20.6. The standard InChI is InChI=1S/C27H40O5/c1-15(7-8-21(31)32)16-9-12-26(5)23-17(28)13-19-24(2,3)20(30)10-11-25(19,4)22(23)18(29)14-27(16,26)6/h15-16,19-20,30H,7-14H2,1-6H3,(H,31,32). The fourth-order valence-corrected chi connectivity index (χ4v) is 8.66. The van der Waals surface area contributed by atoms with Crippen LogP contribution in [0.25, 0.3) is 0 Å². The third-order valence-electron chi connectivity index (χ3n) is 10.8. The molecule has 2 N–H and O–H groups in total. The number of carboxylic acids is 1. The molecule has 0 heterocycles. The van der Waals surface area contributed by atoms with Gasteiger partial charge in [0.1, 0.15) is 0 Å². The third kappa shape index (κ3) is 2.95. The first-order valence-electron chi connectivity index (χ1n) is 12.4. The fraction of sp³-hybridized carbons (Fsp3) is 0.815. The summed E-state index contributed by atoms with van der Waals surface area (Å²) >= 11 is 0. The van der Waals surface area contributed by atoms with Gasteiger partial charge in [-0.25, -0.2) is 0 Å². The smallest absolute Gasteiger partial charge is 0.303 e. The number of aliphatic hydroxyl groups excluding tert-OH is 1. The van der Waals surface area contributed by atoms with E-state index in [0.29, 0.717) is 25.7 Å². The van der Waals surface area contributed by atoms with Gasteiger partial charge in [0.25, 0.3) is 0 Å². The Morgan fingerprint density at radius 3 is 2.31 bits per heavy atom. The van der Waals surface area contributed by atoms with Crippen LogP contribution in [0.1, 0.15) is 92.9 Å². The molecule has 0 radical (unpaired) electrons. The van der Waals surface area contributed by atoms with E-state index in [1.165, 1.54) is 0 Å². The Morgan fingerprint density at radius 1 is 1.03 bits per heavy atom. The maximum atomic E-state index is 13.9. The highest BCUT2D eigenvalue weighted by Crippen LogP contribution is 2.71. The van der Waals surface area contributed by atoms with E-state index in [1.807, 2.05) is 13.8 Å². The van der Waals surface area contributed by atoms with Crippen LogP contribution in [0.2, 0.25) is 0 Å². The second-order valence-corrected chi connectivity index (χ2v) is 12.6. The number of carbonyl (C=O) groups excluding carboxylic acids is 2. The lowest BCUT2D eigenvalue weighted by Gasteiger charge is -2.60. The van der Waals surface area contributed by atoms with Crippen LogP contribution in [0.4, 0.5) is 0 Å². The molecular formula is C27H40O5. The van der Waals surface area contributed by atoms with Crippen LogP contribution in [0, 0.1) is 39.4 Å². The molecule has 4 rings (SSSR count). The van der Waals surface area contributed by atoms with Gasteiger partial charge in [-0.3, -0.25) is 14.4 Å². The Morgan fingerprint density at radius 2 is 1.69 bits per heavy atom. The average Bonchev–Trinajstić information content (AvgIpc) is 2.96. The van der Waals surface area contributed by atoms with Gasteiger partial charge >= 0.3 is 5.97 Å². The number of carbonyl (C=O) groups is 3. The molecule has 4 aliphatic carbocycles. The van der Waals surface area contributed by atoms with Crippen molar-refractivity contribution in [3.63, 3.8) is 0 Å². The molecule has 0 saturated heterocycles. The molecule has 0 aromatic rings. The van der Waals surface area contributed by atoms with Crippen LogP contribution in [0.3, 0.4) is 0 Å². The number of rotatable bonds is 4. The Labute approximate surface area is 192 Å². The summed E-state index contributed by atoms with van der Waals surface area (Å²) in [5.41, 5.74) is 0.0906. The molecule has 0 bridgehead atoms. The summed E-state index contributed by atoms with van der Waals surface area (Å²) in [5, 5.41) is 19.9. The summed E-state index contributed by atoms with van der Waals surface area (Å²) in [7, 11) is 0. The minimum atomic E-state index is -0.781. The number of aliphatic hydroxyl groups is 1. The van der Waals surface area contributed by atoms with E-state index in [2.05, 4.69) is 27.7 Å². The number of ketones is 2. The minimum Gasteiger partial charge on any atom is -0.481 e. The van der Waals surface area contributed by atoms with E-state index in [9.17, 15) is 19.5 Å². The van der Waals surface area contributed by atoms with Crippen molar-refractivity contribution >= 4 is 17.5 Å².